The molecule has 9 nitrogen and oxygen atoms in total. The Bertz CT molecular complexity index is 1230. The van der Waals surface area contributed by atoms with Crippen LogP contribution in [-0.2, 0) is 6.54 Å². The van der Waals surface area contributed by atoms with Crippen molar-refractivity contribution in [3.05, 3.63) is 59.4 Å². The van der Waals surface area contributed by atoms with E-state index in [4.69, 9.17) is 10.1 Å². The van der Waals surface area contributed by atoms with Crippen LogP contribution in [0.4, 0.5) is 21.7 Å². The molecule has 0 fully saturated rings. The van der Waals surface area contributed by atoms with Crippen LogP contribution in [-0.4, -0.2) is 55.6 Å². The van der Waals surface area contributed by atoms with Gasteiger partial charge < -0.3 is 5.32 Å². The normalized spacial score (nSPS) is 16.7. The maximum Gasteiger partial charge on any atom is 0.267 e. The first-order valence-corrected chi connectivity index (χ1v) is 10.3. The number of halogens is 1. The van der Waals surface area contributed by atoms with E-state index in [0.717, 1.165) is 5.56 Å². The van der Waals surface area contributed by atoms with Gasteiger partial charge in [-0.1, -0.05) is 0 Å². The molecule has 0 spiro atoms. The van der Waals surface area contributed by atoms with Crippen molar-refractivity contribution in [2.45, 2.75) is 32.9 Å². The number of anilines is 3. The maximum absolute atomic E-state index is 13.4. The molecule has 164 valence electrons. The van der Waals surface area contributed by atoms with Crippen molar-refractivity contribution in [2.75, 3.05) is 23.8 Å². The lowest BCUT2D eigenvalue weighted by Gasteiger charge is -2.30. The van der Waals surface area contributed by atoms with E-state index in [9.17, 15) is 9.18 Å². The Balaban J connectivity index is 1.63. The Morgan fingerprint density at radius 3 is 2.53 bits per heavy atom. The topological polar surface area (TPSA) is 91.5 Å². The lowest BCUT2D eigenvalue weighted by Crippen LogP contribution is -2.48. The number of aryl methyl sites for hydroxylation is 1. The molecule has 4 heterocycles. The third kappa shape index (κ3) is 3.37. The third-order valence-electron chi connectivity index (χ3n) is 5.47. The molecule has 0 aliphatic carbocycles. The number of amides is 1. The third-order valence-corrected chi connectivity index (χ3v) is 5.47. The fourth-order valence-electron chi connectivity index (χ4n) is 3.93. The van der Waals surface area contributed by atoms with Gasteiger partial charge in [0.05, 0.1) is 18.6 Å². The quantitative estimate of drug-likeness (QED) is 0.679. The van der Waals surface area contributed by atoms with Crippen molar-refractivity contribution in [2.24, 2.45) is 4.99 Å². The lowest BCUT2D eigenvalue weighted by atomic mass is 10.1. The number of hydrogen-bond donors (Lipinski definition) is 1. The Hall–Kier alpha value is -3.82. The van der Waals surface area contributed by atoms with Crippen LogP contribution in [0.5, 0.6) is 0 Å². The van der Waals surface area contributed by atoms with E-state index in [1.807, 2.05) is 25.7 Å². The van der Waals surface area contributed by atoms with Gasteiger partial charge >= 0.3 is 0 Å². The molecule has 1 N–H and O–H groups in total. The summed E-state index contributed by atoms with van der Waals surface area (Å²) in [5, 5.41) is 8.07. The number of guanidine groups is 1. The number of carbonyl (C=O) groups excluding carboxylic acids is 1. The predicted octanol–water partition coefficient (Wildman–Crippen LogP) is 2.95. The van der Waals surface area contributed by atoms with E-state index in [0.29, 0.717) is 47.8 Å². The van der Waals surface area contributed by atoms with Crippen molar-refractivity contribution in [1.29, 1.82) is 0 Å². The zero-order valence-electron chi connectivity index (χ0n) is 18.3. The number of hydrogen-bond acceptors (Lipinski definition) is 7. The number of fused-ring (bicyclic) bond motifs is 3. The molecule has 0 radical (unpaired) electrons. The summed E-state index contributed by atoms with van der Waals surface area (Å²) in [5.41, 5.74) is 1.59. The van der Waals surface area contributed by atoms with E-state index in [2.05, 4.69) is 15.3 Å². The lowest BCUT2D eigenvalue weighted by molar-refractivity contribution is 0.0866. The van der Waals surface area contributed by atoms with Crippen LogP contribution in [0.15, 0.2) is 41.7 Å². The second-order valence-electron chi connectivity index (χ2n) is 8.65. The van der Waals surface area contributed by atoms with Gasteiger partial charge in [0.2, 0.25) is 5.96 Å². The van der Waals surface area contributed by atoms with Crippen LogP contribution in [0.2, 0.25) is 0 Å². The SMILES string of the molecule is Cc1ncc(Cn2nc3c(c2Nc2ccc(F)cc2)C(=O)N(C)C2=NC(C)(C)CN23)cn1. The number of benzene rings is 1. The molecule has 2 aromatic heterocycles. The average Bonchev–Trinajstić information content (AvgIpc) is 3.27. The molecule has 10 heteroatoms. The van der Waals surface area contributed by atoms with E-state index < -0.39 is 0 Å². The smallest absolute Gasteiger partial charge is 0.267 e. The maximum atomic E-state index is 13.4. The fourth-order valence-corrected chi connectivity index (χ4v) is 3.93. The molecule has 0 saturated carbocycles. The Kier molecular flexibility index (Phi) is 4.47. The highest BCUT2D eigenvalue weighted by Gasteiger charge is 2.45. The number of aliphatic imine (C=N–C) groups is 1. The van der Waals surface area contributed by atoms with Crippen molar-refractivity contribution >= 4 is 29.2 Å². The van der Waals surface area contributed by atoms with Gasteiger partial charge in [0, 0.05) is 30.7 Å². The summed E-state index contributed by atoms with van der Waals surface area (Å²) in [6, 6.07) is 5.98. The van der Waals surface area contributed by atoms with E-state index in [1.54, 1.807) is 41.2 Å². The monoisotopic (exact) mass is 434 g/mol. The Morgan fingerprint density at radius 1 is 1.16 bits per heavy atom. The summed E-state index contributed by atoms with van der Waals surface area (Å²) < 4.78 is 15.2. The standard InChI is InChI=1S/C22H23FN8O/c1-13-24-9-14(10-25-13)11-31-18(26-16-7-5-15(23)6-8-16)17-19(28-31)30-12-22(2,3)27-21(30)29(4)20(17)32/h5-10,26H,11-12H2,1-4H3. The second kappa shape index (κ2) is 7.11. The summed E-state index contributed by atoms with van der Waals surface area (Å²) in [5.74, 6) is 1.80. The molecule has 1 aromatic carbocycles. The molecule has 3 aromatic rings. The molecule has 2 aliphatic rings. The first-order valence-electron chi connectivity index (χ1n) is 10.3. The number of rotatable bonds is 4. The largest absolute Gasteiger partial charge is 0.340 e. The van der Waals surface area contributed by atoms with Gasteiger partial charge in [-0.3, -0.25) is 14.6 Å². The number of carbonyl (C=O) groups is 1. The fraction of sp³-hybridized carbons (Fsp3) is 0.318. The number of nitrogens with zero attached hydrogens (tertiary/aromatic N) is 7. The van der Waals surface area contributed by atoms with Gasteiger partial charge in [-0.2, -0.15) is 5.10 Å². The molecule has 32 heavy (non-hydrogen) atoms. The molecule has 1 amide bonds. The van der Waals surface area contributed by atoms with Gasteiger partial charge in [-0.25, -0.2) is 24.0 Å². The summed E-state index contributed by atoms with van der Waals surface area (Å²) in [6.45, 7) is 6.83. The van der Waals surface area contributed by atoms with E-state index in [-0.39, 0.29) is 17.3 Å². The van der Waals surface area contributed by atoms with Crippen molar-refractivity contribution in [3.63, 3.8) is 0 Å². The minimum Gasteiger partial charge on any atom is -0.340 e. The van der Waals surface area contributed by atoms with Crippen LogP contribution < -0.4 is 10.2 Å². The second-order valence-corrected chi connectivity index (χ2v) is 8.65. The van der Waals surface area contributed by atoms with Crippen molar-refractivity contribution < 1.29 is 9.18 Å². The van der Waals surface area contributed by atoms with Crippen molar-refractivity contribution in [1.82, 2.24) is 24.6 Å². The summed E-state index contributed by atoms with van der Waals surface area (Å²) in [4.78, 5) is 30.1. The summed E-state index contributed by atoms with van der Waals surface area (Å²) in [7, 11) is 1.71. The molecule has 0 bridgehead atoms. The number of aromatic nitrogens is 4. The first-order chi connectivity index (χ1) is 15.2. The van der Waals surface area contributed by atoms with Gasteiger partial charge in [0.25, 0.3) is 5.91 Å². The minimum absolute atomic E-state index is 0.205. The first kappa shape index (κ1) is 20.1. The van der Waals surface area contributed by atoms with Gasteiger partial charge in [-0.15, -0.1) is 0 Å². The van der Waals surface area contributed by atoms with Gasteiger partial charge in [0.1, 0.15) is 23.0 Å². The van der Waals surface area contributed by atoms with E-state index >= 15 is 0 Å². The highest BCUT2D eigenvalue weighted by Crippen LogP contribution is 2.38. The highest BCUT2D eigenvalue weighted by molar-refractivity contribution is 6.20. The predicted molar refractivity (Wildman–Crippen MR) is 119 cm³/mol. The molecular weight excluding hydrogens is 411 g/mol. The molecule has 0 atom stereocenters. The van der Waals surface area contributed by atoms with Crippen LogP contribution in [0.3, 0.4) is 0 Å². The van der Waals surface area contributed by atoms with Crippen LogP contribution in [0.25, 0.3) is 0 Å². The van der Waals surface area contributed by atoms with Crippen LogP contribution in [0, 0.1) is 12.7 Å². The summed E-state index contributed by atoms with van der Waals surface area (Å²) >= 11 is 0. The zero-order chi connectivity index (χ0) is 22.6. The highest BCUT2D eigenvalue weighted by atomic mass is 19.1. The number of nitrogens with one attached hydrogen (secondary N) is 1. The van der Waals surface area contributed by atoms with Gasteiger partial charge in [-0.05, 0) is 45.0 Å². The van der Waals surface area contributed by atoms with Crippen LogP contribution in [0.1, 0.15) is 35.6 Å². The Morgan fingerprint density at radius 2 is 1.84 bits per heavy atom. The van der Waals surface area contributed by atoms with E-state index in [1.165, 1.54) is 12.1 Å². The Labute approximate surface area is 184 Å². The molecule has 0 unspecified atom stereocenters. The van der Waals surface area contributed by atoms with Crippen LogP contribution >= 0.6 is 0 Å². The zero-order valence-corrected chi connectivity index (χ0v) is 18.3. The van der Waals surface area contributed by atoms with Gasteiger partial charge in [0.15, 0.2) is 5.82 Å². The molecule has 0 saturated heterocycles. The van der Waals surface area contributed by atoms with Crippen molar-refractivity contribution in [3.8, 4) is 0 Å². The molecule has 5 rings (SSSR count). The summed E-state index contributed by atoms with van der Waals surface area (Å²) in [6.07, 6.45) is 3.48. The minimum atomic E-state index is -0.343. The molecular formula is C22H23FN8O. The molecule has 2 aliphatic heterocycles. The average molecular weight is 434 g/mol.